The third kappa shape index (κ3) is 3.47. The van der Waals surface area contributed by atoms with Gasteiger partial charge in [-0.15, -0.1) is 0 Å². The molecule has 1 rings (SSSR count). The molecule has 0 heterocycles. The van der Waals surface area contributed by atoms with Crippen LogP contribution in [0.4, 0.5) is 0 Å². The number of nitrogens with two attached hydrogens (primary N) is 1. The van der Waals surface area contributed by atoms with Gasteiger partial charge in [-0.05, 0) is 31.6 Å². The van der Waals surface area contributed by atoms with Crippen molar-refractivity contribution < 1.29 is 4.79 Å². The standard InChI is InChI=1S/C15H30N2O/c1-11(2)9-17(10-12(3)4)14(18)15(5)8-6-7-13(15)16/h11-13H,6-10,16H2,1-5H3. The van der Waals surface area contributed by atoms with Crippen LogP contribution in [0.2, 0.25) is 0 Å². The Morgan fingerprint density at radius 1 is 1.28 bits per heavy atom. The van der Waals surface area contributed by atoms with E-state index in [1.807, 2.05) is 4.90 Å². The number of hydrogen-bond acceptors (Lipinski definition) is 2. The van der Waals surface area contributed by atoms with E-state index in [1.165, 1.54) is 0 Å². The van der Waals surface area contributed by atoms with E-state index in [9.17, 15) is 4.79 Å². The van der Waals surface area contributed by atoms with Crippen molar-refractivity contribution >= 4 is 5.91 Å². The van der Waals surface area contributed by atoms with Crippen LogP contribution >= 0.6 is 0 Å². The fraction of sp³-hybridized carbons (Fsp3) is 0.933. The molecular formula is C15H30N2O. The molecule has 1 aliphatic rings. The van der Waals surface area contributed by atoms with E-state index in [2.05, 4.69) is 34.6 Å². The predicted octanol–water partition coefficient (Wildman–Crippen LogP) is 2.64. The molecule has 0 saturated heterocycles. The summed E-state index contributed by atoms with van der Waals surface area (Å²) in [6.07, 6.45) is 3.01. The van der Waals surface area contributed by atoms with Crippen LogP contribution in [-0.4, -0.2) is 29.9 Å². The van der Waals surface area contributed by atoms with Gasteiger partial charge in [-0.1, -0.05) is 34.1 Å². The van der Waals surface area contributed by atoms with Gasteiger partial charge < -0.3 is 10.6 Å². The number of rotatable bonds is 5. The largest absolute Gasteiger partial charge is 0.342 e. The summed E-state index contributed by atoms with van der Waals surface area (Å²) >= 11 is 0. The lowest BCUT2D eigenvalue weighted by Crippen LogP contribution is -2.51. The van der Waals surface area contributed by atoms with Crippen LogP contribution < -0.4 is 5.73 Å². The lowest BCUT2D eigenvalue weighted by atomic mass is 9.83. The van der Waals surface area contributed by atoms with Gasteiger partial charge in [0, 0.05) is 19.1 Å². The number of amides is 1. The number of carbonyl (C=O) groups excluding carboxylic acids is 1. The first-order valence-electron chi connectivity index (χ1n) is 7.32. The molecule has 1 aliphatic carbocycles. The molecule has 0 aromatic carbocycles. The van der Waals surface area contributed by atoms with Crippen LogP contribution in [0.25, 0.3) is 0 Å². The Morgan fingerprint density at radius 3 is 2.11 bits per heavy atom. The van der Waals surface area contributed by atoms with Crippen molar-refractivity contribution in [1.82, 2.24) is 4.90 Å². The molecule has 1 fully saturated rings. The Kier molecular flexibility index (Phi) is 5.20. The van der Waals surface area contributed by atoms with Crippen LogP contribution in [0, 0.1) is 17.3 Å². The lowest BCUT2D eigenvalue weighted by molar-refractivity contribution is -0.142. The van der Waals surface area contributed by atoms with Gasteiger partial charge in [0.2, 0.25) is 5.91 Å². The summed E-state index contributed by atoms with van der Waals surface area (Å²) in [6, 6.07) is 0.0341. The fourth-order valence-corrected chi connectivity index (χ4v) is 2.94. The van der Waals surface area contributed by atoms with Gasteiger partial charge >= 0.3 is 0 Å². The van der Waals surface area contributed by atoms with Gasteiger partial charge in [0.15, 0.2) is 0 Å². The molecule has 2 unspecified atom stereocenters. The zero-order valence-electron chi connectivity index (χ0n) is 12.7. The first kappa shape index (κ1) is 15.5. The highest BCUT2D eigenvalue weighted by Crippen LogP contribution is 2.38. The zero-order chi connectivity index (χ0) is 13.9. The van der Waals surface area contributed by atoms with Crippen molar-refractivity contribution in [3.63, 3.8) is 0 Å². The minimum absolute atomic E-state index is 0.0341. The summed E-state index contributed by atoms with van der Waals surface area (Å²) in [5.41, 5.74) is 5.84. The topological polar surface area (TPSA) is 46.3 Å². The predicted molar refractivity (Wildman–Crippen MR) is 76.2 cm³/mol. The van der Waals surface area contributed by atoms with E-state index in [-0.39, 0.29) is 17.4 Å². The maximum atomic E-state index is 12.8. The normalized spacial score (nSPS) is 28.1. The van der Waals surface area contributed by atoms with Crippen molar-refractivity contribution in [3.05, 3.63) is 0 Å². The first-order valence-corrected chi connectivity index (χ1v) is 7.32. The molecular weight excluding hydrogens is 224 g/mol. The van der Waals surface area contributed by atoms with Gasteiger partial charge in [-0.3, -0.25) is 4.79 Å². The second-order valence-electron chi connectivity index (χ2n) is 6.91. The highest BCUT2D eigenvalue weighted by atomic mass is 16.2. The molecule has 0 aliphatic heterocycles. The lowest BCUT2D eigenvalue weighted by Gasteiger charge is -2.36. The number of hydrogen-bond donors (Lipinski definition) is 1. The summed E-state index contributed by atoms with van der Waals surface area (Å²) < 4.78 is 0. The molecule has 1 amide bonds. The molecule has 0 aromatic rings. The van der Waals surface area contributed by atoms with E-state index < -0.39 is 0 Å². The minimum atomic E-state index is -0.330. The molecule has 2 N–H and O–H groups in total. The molecule has 1 saturated carbocycles. The van der Waals surface area contributed by atoms with Crippen LogP contribution in [0.3, 0.4) is 0 Å². The van der Waals surface area contributed by atoms with Crippen molar-refractivity contribution in [1.29, 1.82) is 0 Å². The zero-order valence-corrected chi connectivity index (χ0v) is 12.7. The van der Waals surface area contributed by atoms with Crippen molar-refractivity contribution in [2.45, 2.75) is 59.9 Å². The molecule has 2 atom stereocenters. The van der Waals surface area contributed by atoms with Gasteiger partial charge in [0.25, 0.3) is 0 Å². The number of nitrogens with zero attached hydrogens (tertiary/aromatic N) is 1. The smallest absolute Gasteiger partial charge is 0.230 e. The van der Waals surface area contributed by atoms with Crippen LogP contribution in [-0.2, 0) is 4.79 Å². The van der Waals surface area contributed by atoms with Crippen LogP contribution in [0.1, 0.15) is 53.9 Å². The Labute approximate surface area is 112 Å². The highest BCUT2D eigenvalue weighted by molar-refractivity contribution is 5.83. The van der Waals surface area contributed by atoms with E-state index in [0.29, 0.717) is 11.8 Å². The Hall–Kier alpha value is -0.570. The van der Waals surface area contributed by atoms with Gasteiger partial charge in [0.1, 0.15) is 0 Å². The Bertz CT molecular complexity index is 278. The van der Waals surface area contributed by atoms with E-state index >= 15 is 0 Å². The van der Waals surface area contributed by atoms with E-state index in [4.69, 9.17) is 5.73 Å². The van der Waals surface area contributed by atoms with Crippen LogP contribution in [0.5, 0.6) is 0 Å². The summed E-state index contributed by atoms with van der Waals surface area (Å²) in [4.78, 5) is 14.8. The quantitative estimate of drug-likeness (QED) is 0.820. The van der Waals surface area contributed by atoms with E-state index in [1.54, 1.807) is 0 Å². The summed E-state index contributed by atoms with van der Waals surface area (Å²) in [5.74, 6) is 1.29. The van der Waals surface area contributed by atoms with Crippen molar-refractivity contribution in [3.8, 4) is 0 Å². The summed E-state index contributed by atoms with van der Waals surface area (Å²) in [7, 11) is 0. The molecule has 18 heavy (non-hydrogen) atoms. The third-order valence-corrected chi connectivity index (χ3v) is 3.98. The van der Waals surface area contributed by atoms with E-state index in [0.717, 1.165) is 32.4 Å². The Balaban J connectivity index is 2.80. The second-order valence-corrected chi connectivity index (χ2v) is 6.91. The Morgan fingerprint density at radius 2 is 1.78 bits per heavy atom. The van der Waals surface area contributed by atoms with Crippen molar-refractivity contribution in [2.24, 2.45) is 23.0 Å². The maximum Gasteiger partial charge on any atom is 0.230 e. The molecule has 0 spiro atoms. The molecule has 0 radical (unpaired) electrons. The summed E-state index contributed by atoms with van der Waals surface area (Å²) in [6.45, 7) is 12.4. The van der Waals surface area contributed by atoms with Gasteiger partial charge in [-0.2, -0.15) is 0 Å². The minimum Gasteiger partial charge on any atom is -0.342 e. The fourth-order valence-electron chi connectivity index (χ4n) is 2.94. The molecule has 0 aromatic heterocycles. The molecule has 0 bridgehead atoms. The van der Waals surface area contributed by atoms with Gasteiger partial charge in [0.05, 0.1) is 5.41 Å². The first-order chi connectivity index (χ1) is 8.27. The van der Waals surface area contributed by atoms with Gasteiger partial charge in [-0.25, -0.2) is 0 Å². The summed E-state index contributed by atoms with van der Waals surface area (Å²) in [5, 5.41) is 0. The average molecular weight is 254 g/mol. The SMILES string of the molecule is CC(C)CN(CC(C)C)C(=O)C1(C)CCCC1N. The number of carbonyl (C=O) groups is 1. The highest BCUT2D eigenvalue weighted by Gasteiger charge is 2.45. The molecule has 106 valence electrons. The van der Waals surface area contributed by atoms with Crippen molar-refractivity contribution in [2.75, 3.05) is 13.1 Å². The second kappa shape index (κ2) is 6.05. The average Bonchev–Trinajstić information content (AvgIpc) is 2.57. The molecule has 3 heteroatoms. The third-order valence-electron chi connectivity index (χ3n) is 3.98. The van der Waals surface area contributed by atoms with Crippen LogP contribution in [0.15, 0.2) is 0 Å². The molecule has 3 nitrogen and oxygen atoms in total. The monoisotopic (exact) mass is 254 g/mol. The maximum absolute atomic E-state index is 12.8.